The lowest BCUT2D eigenvalue weighted by Crippen LogP contribution is -1.83. The standard InChI is InChI=1S/C7H4N2O2/c8-2-5-1-6(3-10)9-7(5)4-11/h1,3-4,9H. The van der Waals surface area contributed by atoms with Crippen molar-refractivity contribution in [1.29, 1.82) is 5.26 Å². The van der Waals surface area contributed by atoms with Crippen molar-refractivity contribution in [2.45, 2.75) is 0 Å². The molecular weight excluding hydrogens is 144 g/mol. The maximum atomic E-state index is 10.2. The highest BCUT2D eigenvalue weighted by Crippen LogP contribution is 2.05. The number of H-pyrrole nitrogens is 1. The fourth-order valence-corrected chi connectivity index (χ4v) is 0.741. The normalized spacial score (nSPS) is 8.64. The molecule has 0 aliphatic carbocycles. The third-order valence-corrected chi connectivity index (χ3v) is 1.23. The van der Waals surface area contributed by atoms with Crippen LogP contribution in [0.5, 0.6) is 0 Å². The topological polar surface area (TPSA) is 73.7 Å². The van der Waals surface area contributed by atoms with Crippen LogP contribution in [0.2, 0.25) is 0 Å². The van der Waals surface area contributed by atoms with Gasteiger partial charge in [0.15, 0.2) is 12.6 Å². The van der Waals surface area contributed by atoms with Crippen molar-refractivity contribution in [1.82, 2.24) is 4.98 Å². The van der Waals surface area contributed by atoms with Gasteiger partial charge in [0.2, 0.25) is 0 Å². The fraction of sp³-hybridized carbons (Fsp3) is 0. The Kier molecular flexibility index (Phi) is 1.83. The Morgan fingerprint density at radius 2 is 2.18 bits per heavy atom. The summed E-state index contributed by atoms with van der Waals surface area (Å²) in [5.74, 6) is 0. The summed E-state index contributed by atoms with van der Waals surface area (Å²) < 4.78 is 0. The fourth-order valence-electron chi connectivity index (χ4n) is 0.741. The van der Waals surface area contributed by atoms with Gasteiger partial charge in [-0.1, -0.05) is 0 Å². The third kappa shape index (κ3) is 1.17. The van der Waals surface area contributed by atoms with Crippen LogP contribution in [0.1, 0.15) is 26.5 Å². The lowest BCUT2D eigenvalue weighted by molar-refractivity contribution is 0.111. The van der Waals surface area contributed by atoms with Crippen LogP contribution in [0, 0.1) is 11.3 Å². The van der Waals surface area contributed by atoms with Crippen LogP contribution in [0.3, 0.4) is 0 Å². The molecule has 1 aromatic rings. The number of aromatic amines is 1. The molecule has 11 heavy (non-hydrogen) atoms. The number of hydrogen-bond donors (Lipinski definition) is 1. The Balaban J connectivity index is 3.25. The van der Waals surface area contributed by atoms with Crippen molar-refractivity contribution >= 4 is 12.6 Å². The Labute approximate surface area is 62.5 Å². The number of aromatic nitrogens is 1. The zero-order valence-electron chi connectivity index (χ0n) is 5.50. The van der Waals surface area contributed by atoms with Crippen LogP contribution in [0.4, 0.5) is 0 Å². The Morgan fingerprint density at radius 3 is 2.55 bits per heavy atom. The summed E-state index contributed by atoms with van der Waals surface area (Å²) >= 11 is 0. The molecule has 0 amide bonds. The molecule has 0 aliphatic heterocycles. The molecule has 0 saturated carbocycles. The van der Waals surface area contributed by atoms with E-state index in [1.807, 2.05) is 0 Å². The number of nitrogens with zero attached hydrogens (tertiary/aromatic N) is 1. The second kappa shape index (κ2) is 2.80. The Morgan fingerprint density at radius 1 is 1.45 bits per heavy atom. The minimum Gasteiger partial charge on any atom is -0.349 e. The summed E-state index contributed by atoms with van der Waals surface area (Å²) in [7, 11) is 0. The highest BCUT2D eigenvalue weighted by atomic mass is 16.1. The zero-order valence-corrected chi connectivity index (χ0v) is 5.50. The van der Waals surface area contributed by atoms with Gasteiger partial charge in [-0.05, 0) is 6.07 Å². The van der Waals surface area contributed by atoms with Crippen LogP contribution in [-0.4, -0.2) is 17.6 Å². The van der Waals surface area contributed by atoms with Gasteiger partial charge < -0.3 is 4.98 Å². The highest BCUT2D eigenvalue weighted by molar-refractivity contribution is 5.82. The van der Waals surface area contributed by atoms with Gasteiger partial charge in [0.25, 0.3) is 0 Å². The molecule has 0 spiro atoms. The summed E-state index contributed by atoms with van der Waals surface area (Å²) in [6.45, 7) is 0. The largest absolute Gasteiger partial charge is 0.349 e. The molecule has 1 N–H and O–H groups in total. The summed E-state index contributed by atoms with van der Waals surface area (Å²) in [5.41, 5.74) is 0.584. The molecule has 1 heterocycles. The average Bonchev–Trinajstić information content (AvgIpc) is 2.46. The number of carbonyl (C=O) groups is 2. The van der Waals surface area contributed by atoms with Gasteiger partial charge in [0, 0.05) is 0 Å². The lowest BCUT2D eigenvalue weighted by Gasteiger charge is -1.79. The molecule has 0 aromatic carbocycles. The van der Waals surface area contributed by atoms with Crippen LogP contribution in [-0.2, 0) is 0 Å². The molecule has 54 valence electrons. The minimum absolute atomic E-state index is 0.148. The zero-order chi connectivity index (χ0) is 8.27. The molecule has 0 saturated heterocycles. The summed E-state index contributed by atoms with van der Waals surface area (Å²) in [5, 5.41) is 8.41. The smallest absolute Gasteiger partial charge is 0.167 e. The van der Waals surface area contributed by atoms with Crippen molar-refractivity contribution in [3.8, 4) is 6.07 Å². The molecule has 0 atom stereocenters. The molecule has 0 radical (unpaired) electrons. The van der Waals surface area contributed by atoms with Crippen LogP contribution in [0.15, 0.2) is 6.07 Å². The van der Waals surface area contributed by atoms with E-state index in [0.717, 1.165) is 0 Å². The second-order valence-electron chi connectivity index (χ2n) is 1.90. The second-order valence-corrected chi connectivity index (χ2v) is 1.90. The first-order valence-electron chi connectivity index (χ1n) is 2.85. The number of nitriles is 1. The van der Waals surface area contributed by atoms with E-state index in [4.69, 9.17) is 5.26 Å². The predicted molar refractivity (Wildman–Crippen MR) is 36.3 cm³/mol. The van der Waals surface area contributed by atoms with Crippen molar-refractivity contribution in [3.63, 3.8) is 0 Å². The molecule has 4 heteroatoms. The number of nitrogens with one attached hydrogen (secondary N) is 1. The van der Waals surface area contributed by atoms with Crippen molar-refractivity contribution in [3.05, 3.63) is 23.0 Å². The quantitative estimate of drug-likeness (QED) is 0.621. The first-order valence-corrected chi connectivity index (χ1v) is 2.85. The number of carbonyl (C=O) groups excluding carboxylic acids is 2. The molecule has 0 aliphatic rings. The minimum atomic E-state index is 0.148. The SMILES string of the molecule is N#Cc1cc(C=O)[nH]c1C=O. The number of rotatable bonds is 2. The number of aldehydes is 2. The summed E-state index contributed by atoms with van der Waals surface area (Å²) in [4.78, 5) is 22.8. The lowest BCUT2D eigenvalue weighted by atomic mass is 10.3. The first kappa shape index (κ1) is 7.22. The van der Waals surface area contributed by atoms with Gasteiger partial charge in [0.05, 0.1) is 17.0 Å². The van der Waals surface area contributed by atoms with Gasteiger partial charge in [-0.15, -0.1) is 0 Å². The third-order valence-electron chi connectivity index (χ3n) is 1.23. The van der Waals surface area contributed by atoms with Gasteiger partial charge in [-0.3, -0.25) is 9.59 Å². The van der Waals surface area contributed by atoms with E-state index in [-0.39, 0.29) is 17.0 Å². The van der Waals surface area contributed by atoms with E-state index in [9.17, 15) is 9.59 Å². The molecule has 0 bridgehead atoms. The molecule has 0 unspecified atom stereocenters. The average molecular weight is 148 g/mol. The van der Waals surface area contributed by atoms with E-state index < -0.39 is 0 Å². The van der Waals surface area contributed by atoms with Gasteiger partial charge in [0.1, 0.15) is 6.07 Å². The van der Waals surface area contributed by atoms with E-state index >= 15 is 0 Å². The summed E-state index contributed by atoms with van der Waals surface area (Å²) in [6.07, 6.45) is 1.05. The maximum absolute atomic E-state index is 10.2. The van der Waals surface area contributed by atoms with Crippen molar-refractivity contribution in [2.75, 3.05) is 0 Å². The molecule has 0 fully saturated rings. The van der Waals surface area contributed by atoms with E-state index in [1.54, 1.807) is 6.07 Å². The van der Waals surface area contributed by atoms with E-state index in [2.05, 4.69) is 4.98 Å². The Bertz CT molecular complexity index is 333. The highest BCUT2D eigenvalue weighted by Gasteiger charge is 2.04. The maximum Gasteiger partial charge on any atom is 0.167 e. The molecule has 4 nitrogen and oxygen atoms in total. The van der Waals surface area contributed by atoms with Gasteiger partial charge >= 0.3 is 0 Å². The van der Waals surface area contributed by atoms with Crippen LogP contribution in [0.25, 0.3) is 0 Å². The van der Waals surface area contributed by atoms with Crippen molar-refractivity contribution in [2.24, 2.45) is 0 Å². The van der Waals surface area contributed by atoms with Gasteiger partial charge in [-0.2, -0.15) is 5.26 Å². The van der Waals surface area contributed by atoms with E-state index in [1.165, 1.54) is 6.07 Å². The predicted octanol–water partition coefficient (Wildman–Crippen LogP) is 0.511. The van der Waals surface area contributed by atoms with Gasteiger partial charge in [-0.25, -0.2) is 0 Å². The Hall–Kier alpha value is -1.89. The molecule has 1 aromatic heterocycles. The van der Waals surface area contributed by atoms with E-state index in [0.29, 0.717) is 12.6 Å². The monoisotopic (exact) mass is 148 g/mol. The molecule has 1 rings (SSSR count). The summed E-state index contributed by atoms with van der Waals surface area (Å²) in [6, 6.07) is 3.11. The molecular formula is C7H4N2O2. The van der Waals surface area contributed by atoms with Crippen LogP contribution < -0.4 is 0 Å². The first-order chi connectivity index (χ1) is 5.31. The van der Waals surface area contributed by atoms with Crippen molar-refractivity contribution < 1.29 is 9.59 Å². The van der Waals surface area contributed by atoms with Crippen LogP contribution >= 0.6 is 0 Å². The number of hydrogen-bond acceptors (Lipinski definition) is 3.